The summed E-state index contributed by atoms with van der Waals surface area (Å²) in [6.45, 7) is 0. The van der Waals surface area contributed by atoms with Crippen molar-refractivity contribution in [3.63, 3.8) is 0 Å². The van der Waals surface area contributed by atoms with E-state index in [1.54, 1.807) is 0 Å². The number of carbonyl (C=O) groups is 1. The maximum Gasteiger partial charge on any atom is 0.416 e. The molecule has 7 nitrogen and oxygen atoms in total. The number of nitrogens with zero attached hydrogens (tertiary/aromatic N) is 3. The molecule has 0 spiro atoms. The van der Waals surface area contributed by atoms with Gasteiger partial charge in [0.1, 0.15) is 18.0 Å². The molecule has 2 aromatic carbocycles. The second kappa shape index (κ2) is 8.92. The Balaban J connectivity index is 2.07. The molecule has 1 aliphatic heterocycles. The molecule has 0 unspecified atom stereocenters. The van der Waals surface area contributed by atoms with E-state index in [2.05, 4.69) is 10.2 Å². The lowest BCUT2D eigenvalue weighted by molar-refractivity contribution is -0.141. The van der Waals surface area contributed by atoms with Crippen molar-refractivity contribution < 1.29 is 41.3 Å². The van der Waals surface area contributed by atoms with Crippen LogP contribution in [0.25, 0.3) is 5.69 Å². The molecule has 2 atom stereocenters. The SMILES string of the molecule is COc1cccc([C@H]2O[C@H](CC(=O)O)c3nnc(C(F)(F)Cl)n3-c3ccc(C(F)(F)F)cc32)c1Cl. The summed E-state index contributed by atoms with van der Waals surface area (Å²) in [4.78, 5) is 11.6. The van der Waals surface area contributed by atoms with Gasteiger partial charge >= 0.3 is 17.5 Å². The van der Waals surface area contributed by atoms with E-state index < -0.39 is 47.5 Å². The Morgan fingerprint density at radius 1 is 1.17 bits per heavy atom. The van der Waals surface area contributed by atoms with Crippen LogP contribution >= 0.6 is 23.2 Å². The summed E-state index contributed by atoms with van der Waals surface area (Å²) in [5.41, 5.74) is -1.45. The first-order valence-electron chi connectivity index (χ1n) is 9.76. The lowest BCUT2D eigenvalue weighted by atomic mass is 9.97. The molecule has 0 amide bonds. The molecule has 186 valence electrons. The number of alkyl halides is 6. The lowest BCUT2D eigenvalue weighted by Crippen LogP contribution is -2.17. The molecule has 0 fully saturated rings. The van der Waals surface area contributed by atoms with Crippen molar-refractivity contribution in [3.05, 3.63) is 69.8 Å². The zero-order chi connectivity index (χ0) is 25.7. The third-order valence-corrected chi connectivity index (χ3v) is 5.84. The maximum atomic E-state index is 14.2. The topological polar surface area (TPSA) is 86.5 Å². The molecular weight excluding hydrogens is 524 g/mol. The van der Waals surface area contributed by atoms with Crippen LogP contribution in [0, 0.1) is 0 Å². The second-order valence-electron chi connectivity index (χ2n) is 7.45. The molecule has 3 aromatic rings. The van der Waals surface area contributed by atoms with Gasteiger partial charge in [0.05, 0.1) is 29.8 Å². The summed E-state index contributed by atoms with van der Waals surface area (Å²) < 4.78 is 81.0. The fourth-order valence-electron chi connectivity index (χ4n) is 3.80. The van der Waals surface area contributed by atoms with Crippen molar-refractivity contribution in [3.8, 4) is 11.4 Å². The molecule has 4 rings (SSSR count). The molecule has 1 aromatic heterocycles. The van der Waals surface area contributed by atoms with Crippen LogP contribution in [0.15, 0.2) is 36.4 Å². The normalized spacial score (nSPS) is 17.9. The molecule has 0 radical (unpaired) electrons. The number of benzene rings is 2. The van der Waals surface area contributed by atoms with Crippen LogP contribution in [0.1, 0.15) is 47.0 Å². The van der Waals surface area contributed by atoms with Crippen molar-refractivity contribution in [2.75, 3.05) is 7.11 Å². The quantitative estimate of drug-likeness (QED) is 0.323. The van der Waals surface area contributed by atoms with Gasteiger partial charge in [0, 0.05) is 11.1 Å². The van der Waals surface area contributed by atoms with Crippen molar-refractivity contribution in [2.24, 2.45) is 0 Å². The zero-order valence-corrected chi connectivity index (χ0v) is 19.0. The summed E-state index contributed by atoms with van der Waals surface area (Å²) in [6, 6.07) is 6.74. The fourth-order valence-corrected chi connectivity index (χ4v) is 4.22. The van der Waals surface area contributed by atoms with Gasteiger partial charge in [0.25, 0.3) is 0 Å². The minimum atomic E-state index is -4.79. The number of aromatic nitrogens is 3. The Kier molecular flexibility index (Phi) is 6.41. The van der Waals surface area contributed by atoms with Gasteiger partial charge < -0.3 is 14.6 Å². The minimum absolute atomic E-state index is 0.0296. The molecule has 0 saturated heterocycles. The highest BCUT2D eigenvalue weighted by Gasteiger charge is 2.43. The monoisotopic (exact) mass is 537 g/mol. The number of carboxylic acid groups (broad SMARTS) is 1. The largest absolute Gasteiger partial charge is 0.495 e. The van der Waals surface area contributed by atoms with Gasteiger partial charge in [-0.1, -0.05) is 23.7 Å². The first-order chi connectivity index (χ1) is 16.3. The van der Waals surface area contributed by atoms with Gasteiger partial charge in [-0.3, -0.25) is 9.36 Å². The van der Waals surface area contributed by atoms with E-state index in [0.29, 0.717) is 16.7 Å². The van der Waals surface area contributed by atoms with Gasteiger partial charge in [0.15, 0.2) is 5.82 Å². The van der Waals surface area contributed by atoms with Gasteiger partial charge in [-0.15, -0.1) is 10.2 Å². The highest BCUT2D eigenvalue weighted by atomic mass is 35.5. The van der Waals surface area contributed by atoms with Crippen LogP contribution in [-0.2, 0) is 21.1 Å². The number of aliphatic carboxylic acids is 1. The molecule has 0 aliphatic carbocycles. The summed E-state index contributed by atoms with van der Waals surface area (Å²) in [7, 11) is 1.32. The Hall–Kier alpha value is -2.96. The van der Waals surface area contributed by atoms with E-state index in [9.17, 15) is 31.9 Å². The smallest absolute Gasteiger partial charge is 0.416 e. The number of rotatable bonds is 5. The summed E-state index contributed by atoms with van der Waals surface area (Å²) >= 11 is 11.6. The van der Waals surface area contributed by atoms with Gasteiger partial charge in [-0.25, -0.2) is 0 Å². The highest BCUT2D eigenvalue weighted by Crippen LogP contribution is 2.47. The fraction of sp³-hybridized carbons (Fsp3) is 0.286. The average Bonchev–Trinajstić information content (AvgIpc) is 3.17. The first kappa shape index (κ1) is 25.1. The number of hydrogen-bond acceptors (Lipinski definition) is 5. The van der Waals surface area contributed by atoms with Crippen LogP contribution < -0.4 is 4.74 Å². The zero-order valence-electron chi connectivity index (χ0n) is 17.5. The maximum absolute atomic E-state index is 14.2. The minimum Gasteiger partial charge on any atom is -0.495 e. The van der Waals surface area contributed by atoms with E-state index in [4.69, 9.17) is 32.7 Å². The van der Waals surface area contributed by atoms with Crippen LogP contribution in [0.2, 0.25) is 5.02 Å². The molecule has 1 aliphatic rings. The van der Waals surface area contributed by atoms with Gasteiger partial charge in [0.2, 0.25) is 5.82 Å². The number of hydrogen-bond donors (Lipinski definition) is 1. The van der Waals surface area contributed by atoms with E-state index in [-0.39, 0.29) is 33.4 Å². The molecule has 0 saturated carbocycles. The molecule has 1 N–H and O–H groups in total. The number of methoxy groups -OCH3 is 1. The molecule has 2 heterocycles. The molecule has 35 heavy (non-hydrogen) atoms. The Bertz CT molecular complexity index is 1290. The van der Waals surface area contributed by atoms with Crippen molar-refractivity contribution in [2.45, 2.75) is 30.2 Å². The van der Waals surface area contributed by atoms with Crippen LogP contribution in [0.5, 0.6) is 5.75 Å². The Morgan fingerprint density at radius 3 is 2.49 bits per heavy atom. The van der Waals surface area contributed by atoms with Crippen molar-refractivity contribution in [1.82, 2.24) is 14.8 Å². The Morgan fingerprint density at radius 2 is 1.89 bits per heavy atom. The first-order valence-corrected chi connectivity index (χ1v) is 10.5. The lowest BCUT2D eigenvalue weighted by Gasteiger charge is -2.24. The van der Waals surface area contributed by atoms with Crippen molar-refractivity contribution in [1.29, 1.82) is 0 Å². The standard InChI is InChI=1S/C21H14Cl2F5N3O4/c1-34-13-4-2-3-10(16(13)22)17-11-7-9(21(26,27)28)5-6-12(11)31-18(14(35-17)8-15(32)33)29-30-19(31)20(23,24)25/h2-7,14,17H,8H2,1H3,(H,32,33)/t14-,17-/m1/s1. The second-order valence-corrected chi connectivity index (χ2v) is 8.31. The molecule has 0 bridgehead atoms. The number of carboxylic acids is 1. The molecule has 14 heteroatoms. The average molecular weight is 538 g/mol. The van der Waals surface area contributed by atoms with Crippen molar-refractivity contribution >= 4 is 29.2 Å². The van der Waals surface area contributed by atoms with Crippen LogP contribution in [0.4, 0.5) is 22.0 Å². The predicted octanol–water partition coefficient (Wildman–Crippen LogP) is 5.87. The Labute approximate surface area is 204 Å². The van der Waals surface area contributed by atoms with Gasteiger partial charge in [-0.05, 0) is 35.9 Å². The third kappa shape index (κ3) is 4.65. The number of halogens is 7. The third-order valence-electron chi connectivity index (χ3n) is 5.26. The van der Waals surface area contributed by atoms with E-state index in [0.717, 1.165) is 6.07 Å². The van der Waals surface area contributed by atoms with Crippen LogP contribution in [-0.4, -0.2) is 33.0 Å². The summed E-state index contributed by atoms with van der Waals surface area (Å²) in [5.74, 6) is -2.73. The summed E-state index contributed by atoms with van der Waals surface area (Å²) in [5, 5.41) is 12.3. The van der Waals surface area contributed by atoms with E-state index >= 15 is 0 Å². The number of ether oxygens (including phenoxy) is 2. The van der Waals surface area contributed by atoms with E-state index in [1.165, 1.54) is 25.3 Å². The van der Waals surface area contributed by atoms with Gasteiger partial charge in [-0.2, -0.15) is 22.0 Å². The predicted molar refractivity (Wildman–Crippen MR) is 112 cm³/mol. The highest BCUT2D eigenvalue weighted by molar-refractivity contribution is 6.33. The molecular formula is C21H14Cl2F5N3O4. The van der Waals surface area contributed by atoms with E-state index in [1.807, 2.05) is 0 Å². The van der Waals surface area contributed by atoms with Crippen LogP contribution in [0.3, 0.4) is 0 Å². The number of fused-ring (bicyclic) bond motifs is 3. The summed E-state index contributed by atoms with van der Waals surface area (Å²) in [6.07, 6.45) is -8.51.